The third-order valence-electron chi connectivity index (χ3n) is 3.01. The molecule has 6 heteroatoms. The van der Waals surface area contributed by atoms with Crippen LogP contribution in [-0.2, 0) is 11.3 Å². The molecule has 0 aliphatic heterocycles. The molecule has 0 fully saturated rings. The number of amides is 1. The molecule has 0 aliphatic carbocycles. The SMILES string of the molecule is CCN(CC(C)C(=O)O)C(=O)c1cc(Br)cn1CC. The maximum atomic E-state index is 12.4. The van der Waals surface area contributed by atoms with Crippen LogP contribution in [0.15, 0.2) is 16.7 Å². The zero-order valence-corrected chi connectivity index (χ0v) is 13.0. The number of carboxylic acids is 1. The van der Waals surface area contributed by atoms with Gasteiger partial charge in [0.15, 0.2) is 0 Å². The molecule has 0 saturated carbocycles. The van der Waals surface area contributed by atoms with E-state index in [0.29, 0.717) is 18.8 Å². The van der Waals surface area contributed by atoms with Crippen molar-refractivity contribution in [3.63, 3.8) is 0 Å². The van der Waals surface area contributed by atoms with Gasteiger partial charge in [0.05, 0.1) is 5.92 Å². The van der Waals surface area contributed by atoms with E-state index in [1.54, 1.807) is 17.9 Å². The molecule has 106 valence electrons. The second-order valence-electron chi connectivity index (χ2n) is 4.41. The van der Waals surface area contributed by atoms with Crippen molar-refractivity contribution in [3.05, 3.63) is 22.4 Å². The van der Waals surface area contributed by atoms with Crippen LogP contribution in [0.1, 0.15) is 31.3 Å². The first-order chi connectivity index (χ1) is 8.90. The van der Waals surface area contributed by atoms with E-state index in [-0.39, 0.29) is 12.5 Å². The number of aromatic nitrogens is 1. The number of nitrogens with zero attached hydrogens (tertiary/aromatic N) is 2. The predicted molar refractivity (Wildman–Crippen MR) is 76.2 cm³/mol. The van der Waals surface area contributed by atoms with Gasteiger partial charge in [-0.05, 0) is 35.8 Å². The highest BCUT2D eigenvalue weighted by atomic mass is 79.9. The molecule has 0 spiro atoms. The average molecular weight is 331 g/mol. The van der Waals surface area contributed by atoms with Gasteiger partial charge >= 0.3 is 5.97 Å². The summed E-state index contributed by atoms with van der Waals surface area (Å²) in [7, 11) is 0. The zero-order chi connectivity index (χ0) is 14.6. The zero-order valence-electron chi connectivity index (χ0n) is 11.4. The number of carboxylic acid groups (broad SMARTS) is 1. The molecule has 0 aliphatic rings. The van der Waals surface area contributed by atoms with Crippen LogP contribution in [0.3, 0.4) is 0 Å². The van der Waals surface area contributed by atoms with Crippen LogP contribution in [0, 0.1) is 5.92 Å². The third kappa shape index (κ3) is 3.83. The molecule has 1 amide bonds. The second-order valence-corrected chi connectivity index (χ2v) is 5.33. The first-order valence-corrected chi connectivity index (χ1v) is 7.07. The van der Waals surface area contributed by atoms with E-state index >= 15 is 0 Å². The molecule has 5 nitrogen and oxygen atoms in total. The fourth-order valence-corrected chi connectivity index (χ4v) is 2.31. The molecule has 1 heterocycles. The van der Waals surface area contributed by atoms with Gasteiger partial charge in [0.2, 0.25) is 0 Å². The van der Waals surface area contributed by atoms with Crippen molar-refractivity contribution >= 4 is 27.8 Å². The van der Waals surface area contributed by atoms with Crippen molar-refractivity contribution < 1.29 is 14.7 Å². The molecule has 1 aromatic heterocycles. The molecule has 1 rings (SSSR count). The highest BCUT2D eigenvalue weighted by molar-refractivity contribution is 9.10. The van der Waals surface area contributed by atoms with Gasteiger partial charge in [0, 0.05) is 30.3 Å². The van der Waals surface area contributed by atoms with Crippen molar-refractivity contribution in [2.24, 2.45) is 5.92 Å². The minimum Gasteiger partial charge on any atom is -0.481 e. The van der Waals surface area contributed by atoms with Crippen LogP contribution in [0.25, 0.3) is 0 Å². The summed E-state index contributed by atoms with van der Waals surface area (Å²) in [5, 5.41) is 8.93. The van der Waals surface area contributed by atoms with Crippen LogP contribution in [0.5, 0.6) is 0 Å². The molecule has 1 atom stereocenters. The quantitative estimate of drug-likeness (QED) is 0.871. The number of carbonyl (C=O) groups excluding carboxylic acids is 1. The van der Waals surface area contributed by atoms with Crippen molar-refractivity contribution in [1.29, 1.82) is 0 Å². The van der Waals surface area contributed by atoms with E-state index in [1.807, 2.05) is 24.6 Å². The molecule has 1 N–H and O–H groups in total. The Morgan fingerprint density at radius 1 is 1.47 bits per heavy atom. The van der Waals surface area contributed by atoms with Crippen molar-refractivity contribution in [1.82, 2.24) is 9.47 Å². The van der Waals surface area contributed by atoms with Crippen molar-refractivity contribution in [2.45, 2.75) is 27.3 Å². The number of aliphatic carboxylic acids is 1. The Kier molecular flexibility index (Phi) is 5.60. The minimum atomic E-state index is -0.890. The summed E-state index contributed by atoms with van der Waals surface area (Å²) in [4.78, 5) is 24.9. The minimum absolute atomic E-state index is 0.136. The number of hydrogen-bond acceptors (Lipinski definition) is 2. The lowest BCUT2D eigenvalue weighted by Crippen LogP contribution is -2.37. The van der Waals surface area contributed by atoms with E-state index in [0.717, 1.165) is 4.47 Å². The van der Waals surface area contributed by atoms with Crippen molar-refractivity contribution in [3.8, 4) is 0 Å². The van der Waals surface area contributed by atoms with Crippen LogP contribution >= 0.6 is 15.9 Å². The Bertz CT molecular complexity index is 470. The van der Waals surface area contributed by atoms with Gasteiger partial charge in [-0.15, -0.1) is 0 Å². The van der Waals surface area contributed by atoms with Gasteiger partial charge in [0.25, 0.3) is 5.91 Å². The number of hydrogen-bond donors (Lipinski definition) is 1. The van der Waals surface area contributed by atoms with E-state index in [9.17, 15) is 9.59 Å². The number of halogens is 1. The molecule has 0 bridgehead atoms. The lowest BCUT2D eigenvalue weighted by atomic mass is 10.1. The molecule has 1 aromatic rings. The van der Waals surface area contributed by atoms with E-state index in [1.165, 1.54) is 0 Å². The molecule has 0 saturated heterocycles. The molecular formula is C13H19BrN2O3. The molecule has 1 unspecified atom stereocenters. The average Bonchev–Trinajstić information content (AvgIpc) is 2.75. The lowest BCUT2D eigenvalue weighted by Gasteiger charge is -2.23. The van der Waals surface area contributed by atoms with E-state index < -0.39 is 11.9 Å². The predicted octanol–water partition coefficient (Wildman–Crippen LogP) is 2.45. The lowest BCUT2D eigenvalue weighted by molar-refractivity contribution is -0.141. The summed E-state index contributed by atoms with van der Waals surface area (Å²) in [6, 6.07) is 1.76. The monoisotopic (exact) mass is 330 g/mol. The second kappa shape index (κ2) is 6.75. The van der Waals surface area contributed by atoms with Gasteiger partial charge in [-0.1, -0.05) is 6.92 Å². The van der Waals surface area contributed by atoms with Gasteiger partial charge < -0.3 is 14.6 Å². The van der Waals surface area contributed by atoms with Gasteiger partial charge in [-0.25, -0.2) is 0 Å². The van der Waals surface area contributed by atoms with Crippen molar-refractivity contribution in [2.75, 3.05) is 13.1 Å². The van der Waals surface area contributed by atoms with Crippen LogP contribution in [0.2, 0.25) is 0 Å². The highest BCUT2D eigenvalue weighted by Gasteiger charge is 2.22. The standard InChI is InChI=1S/C13H19BrN2O3/c1-4-15-8-10(14)6-11(15)12(17)16(5-2)7-9(3)13(18)19/h6,8-9H,4-5,7H2,1-3H3,(H,18,19). The van der Waals surface area contributed by atoms with Crippen LogP contribution in [-0.4, -0.2) is 39.5 Å². The van der Waals surface area contributed by atoms with E-state index in [2.05, 4.69) is 15.9 Å². The largest absolute Gasteiger partial charge is 0.481 e. The fraction of sp³-hybridized carbons (Fsp3) is 0.538. The molecule has 0 aromatic carbocycles. The Morgan fingerprint density at radius 3 is 2.58 bits per heavy atom. The molecular weight excluding hydrogens is 312 g/mol. The normalized spacial score (nSPS) is 12.2. The Hall–Kier alpha value is -1.30. The van der Waals surface area contributed by atoms with Gasteiger partial charge in [-0.3, -0.25) is 9.59 Å². The number of carbonyl (C=O) groups is 2. The summed E-state index contributed by atoms with van der Waals surface area (Å²) >= 11 is 3.35. The van der Waals surface area contributed by atoms with Gasteiger partial charge in [0.1, 0.15) is 5.69 Å². The smallest absolute Gasteiger partial charge is 0.308 e. The first-order valence-electron chi connectivity index (χ1n) is 6.28. The maximum Gasteiger partial charge on any atom is 0.308 e. The topological polar surface area (TPSA) is 62.5 Å². The fourth-order valence-electron chi connectivity index (χ4n) is 1.84. The van der Waals surface area contributed by atoms with E-state index in [4.69, 9.17) is 5.11 Å². The van der Waals surface area contributed by atoms with Crippen LogP contribution < -0.4 is 0 Å². The number of rotatable bonds is 6. The first kappa shape index (κ1) is 15.8. The summed E-state index contributed by atoms with van der Waals surface area (Å²) in [5.41, 5.74) is 0.578. The summed E-state index contributed by atoms with van der Waals surface area (Å²) in [5.74, 6) is -1.60. The third-order valence-corrected chi connectivity index (χ3v) is 3.44. The number of aryl methyl sites for hydroxylation is 1. The Labute approximate surface area is 121 Å². The molecule has 0 radical (unpaired) electrons. The van der Waals surface area contributed by atoms with Crippen LogP contribution in [0.4, 0.5) is 0 Å². The summed E-state index contributed by atoms with van der Waals surface area (Å²) < 4.78 is 2.69. The Morgan fingerprint density at radius 2 is 2.11 bits per heavy atom. The summed E-state index contributed by atoms with van der Waals surface area (Å²) in [6.45, 7) is 6.81. The van der Waals surface area contributed by atoms with Gasteiger partial charge in [-0.2, -0.15) is 0 Å². The summed E-state index contributed by atoms with van der Waals surface area (Å²) in [6.07, 6.45) is 1.85. The Balaban J connectivity index is 2.92. The highest BCUT2D eigenvalue weighted by Crippen LogP contribution is 2.17. The molecule has 19 heavy (non-hydrogen) atoms. The maximum absolute atomic E-state index is 12.4.